The third kappa shape index (κ3) is 7.04. The predicted octanol–water partition coefficient (Wildman–Crippen LogP) is -0.312. The van der Waals surface area contributed by atoms with Gasteiger partial charge in [0, 0.05) is 6.42 Å². The lowest BCUT2D eigenvalue weighted by atomic mass is 10.4. The average Bonchev–Trinajstić information content (AvgIpc) is 2.10. The van der Waals surface area contributed by atoms with Gasteiger partial charge in [-0.15, -0.1) is 0 Å². The van der Waals surface area contributed by atoms with Crippen molar-refractivity contribution in [2.24, 2.45) is 10.9 Å². The van der Waals surface area contributed by atoms with Crippen LogP contribution in [0, 0.1) is 0 Å². The Bertz CT molecular complexity index is 157. The van der Waals surface area contributed by atoms with Crippen molar-refractivity contribution >= 4 is 5.84 Å². The third-order valence-corrected chi connectivity index (χ3v) is 1.12. The number of rotatable bonds is 6. The topological polar surface area (TPSA) is 88.1 Å². The first-order chi connectivity index (χ1) is 5.81. The maximum atomic E-state index is 8.33. The van der Waals surface area contributed by atoms with Gasteiger partial charge in [0.15, 0.2) is 0 Å². The highest BCUT2D eigenvalue weighted by Crippen LogP contribution is 1.83. The Morgan fingerprint density at radius 1 is 1.50 bits per heavy atom. The van der Waals surface area contributed by atoms with Crippen LogP contribution in [0.4, 0.5) is 0 Å². The SMILES string of the molecule is N/C(CCOC/C=C\CO)=N/O. The molecule has 4 N–H and O–H groups in total. The van der Waals surface area contributed by atoms with Gasteiger partial charge < -0.3 is 20.8 Å². The molecule has 0 aliphatic rings. The Morgan fingerprint density at radius 2 is 2.25 bits per heavy atom. The van der Waals surface area contributed by atoms with Gasteiger partial charge >= 0.3 is 0 Å². The van der Waals surface area contributed by atoms with Crippen molar-refractivity contribution in [3.05, 3.63) is 12.2 Å². The summed E-state index contributed by atoms with van der Waals surface area (Å²) in [6.07, 6.45) is 3.69. The highest BCUT2D eigenvalue weighted by atomic mass is 16.5. The molecule has 0 aromatic carbocycles. The number of ether oxygens (including phenoxy) is 1. The van der Waals surface area contributed by atoms with E-state index in [-0.39, 0.29) is 12.4 Å². The Balaban J connectivity index is 3.16. The van der Waals surface area contributed by atoms with E-state index in [2.05, 4.69) is 5.16 Å². The maximum Gasteiger partial charge on any atom is 0.141 e. The van der Waals surface area contributed by atoms with Crippen LogP contribution in [0.1, 0.15) is 6.42 Å². The van der Waals surface area contributed by atoms with Gasteiger partial charge in [-0.05, 0) is 0 Å². The molecule has 0 aliphatic heterocycles. The van der Waals surface area contributed by atoms with Crippen LogP contribution >= 0.6 is 0 Å². The van der Waals surface area contributed by atoms with Crippen molar-refractivity contribution in [1.29, 1.82) is 0 Å². The van der Waals surface area contributed by atoms with Gasteiger partial charge in [0.05, 0.1) is 19.8 Å². The molecule has 0 aromatic rings. The lowest BCUT2D eigenvalue weighted by Crippen LogP contribution is -2.14. The summed E-state index contributed by atoms with van der Waals surface area (Å²) in [5.74, 6) is 0.154. The van der Waals surface area contributed by atoms with Crippen molar-refractivity contribution in [2.45, 2.75) is 6.42 Å². The molecule has 0 rings (SSSR count). The summed E-state index contributed by atoms with van der Waals surface area (Å²) in [6, 6.07) is 0. The number of oxime groups is 1. The monoisotopic (exact) mass is 174 g/mol. The second-order valence-corrected chi connectivity index (χ2v) is 2.07. The van der Waals surface area contributed by atoms with E-state index < -0.39 is 0 Å². The second kappa shape index (κ2) is 8.03. The summed E-state index contributed by atoms with van der Waals surface area (Å²) < 4.78 is 5.04. The number of nitrogens with zero attached hydrogens (tertiary/aromatic N) is 1. The van der Waals surface area contributed by atoms with Gasteiger partial charge in [0.2, 0.25) is 0 Å². The van der Waals surface area contributed by atoms with Gasteiger partial charge in [-0.1, -0.05) is 17.3 Å². The van der Waals surface area contributed by atoms with Crippen molar-refractivity contribution in [1.82, 2.24) is 0 Å². The van der Waals surface area contributed by atoms with E-state index >= 15 is 0 Å². The highest BCUT2D eigenvalue weighted by Gasteiger charge is 1.91. The maximum absolute atomic E-state index is 8.33. The average molecular weight is 174 g/mol. The van der Waals surface area contributed by atoms with Crippen molar-refractivity contribution < 1.29 is 15.1 Å². The summed E-state index contributed by atoms with van der Waals surface area (Å²) in [5, 5.41) is 19.2. The van der Waals surface area contributed by atoms with E-state index in [1.807, 2.05) is 0 Å². The molecule has 5 nitrogen and oxygen atoms in total. The zero-order valence-corrected chi connectivity index (χ0v) is 6.81. The lowest BCUT2D eigenvalue weighted by molar-refractivity contribution is 0.168. The van der Waals surface area contributed by atoms with Gasteiger partial charge in [-0.2, -0.15) is 0 Å². The Hall–Kier alpha value is -1.07. The van der Waals surface area contributed by atoms with Crippen LogP contribution in [0.5, 0.6) is 0 Å². The summed E-state index contributed by atoms with van der Waals surface area (Å²) in [6.45, 7) is 0.856. The fourth-order valence-corrected chi connectivity index (χ4v) is 0.521. The fraction of sp³-hybridized carbons (Fsp3) is 0.571. The molecule has 0 aromatic heterocycles. The van der Waals surface area contributed by atoms with Crippen LogP contribution in [-0.2, 0) is 4.74 Å². The molecular formula is C7H14N2O3. The van der Waals surface area contributed by atoms with Crippen molar-refractivity contribution in [3.8, 4) is 0 Å². The lowest BCUT2D eigenvalue weighted by Gasteiger charge is -1.98. The third-order valence-electron chi connectivity index (χ3n) is 1.12. The predicted molar refractivity (Wildman–Crippen MR) is 45.1 cm³/mol. The van der Waals surface area contributed by atoms with Crippen LogP contribution in [-0.4, -0.2) is 36.0 Å². The molecule has 12 heavy (non-hydrogen) atoms. The first-order valence-electron chi connectivity index (χ1n) is 3.61. The van der Waals surface area contributed by atoms with E-state index in [4.69, 9.17) is 20.8 Å². The summed E-state index contributed by atoms with van der Waals surface area (Å²) >= 11 is 0. The van der Waals surface area contributed by atoms with Crippen LogP contribution < -0.4 is 5.73 Å². The Kier molecular flexibility index (Phi) is 7.31. The number of hydrogen-bond acceptors (Lipinski definition) is 4. The van der Waals surface area contributed by atoms with Gasteiger partial charge in [-0.3, -0.25) is 0 Å². The van der Waals surface area contributed by atoms with Gasteiger partial charge in [-0.25, -0.2) is 0 Å². The number of aliphatic hydroxyl groups excluding tert-OH is 1. The number of aliphatic hydroxyl groups is 1. The number of hydrogen-bond donors (Lipinski definition) is 3. The zero-order valence-electron chi connectivity index (χ0n) is 6.81. The van der Waals surface area contributed by atoms with E-state index in [9.17, 15) is 0 Å². The molecule has 0 saturated heterocycles. The van der Waals surface area contributed by atoms with Gasteiger partial charge in [0.1, 0.15) is 5.84 Å². The first-order valence-corrected chi connectivity index (χ1v) is 3.61. The Labute approximate surface area is 71.1 Å². The minimum absolute atomic E-state index is 0.0175. The summed E-state index contributed by atoms with van der Waals surface area (Å²) in [7, 11) is 0. The fourth-order valence-electron chi connectivity index (χ4n) is 0.521. The first kappa shape index (κ1) is 10.9. The molecular weight excluding hydrogens is 160 g/mol. The van der Waals surface area contributed by atoms with Crippen molar-refractivity contribution in [3.63, 3.8) is 0 Å². The normalized spacial score (nSPS) is 12.6. The van der Waals surface area contributed by atoms with E-state index in [0.29, 0.717) is 19.6 Å². The second-order valence-electron chi connectivity index (χ2n) is 2.07. The molecule has 0 amide bonds. The molecule has 0 aliphatic carbocycles. The Morgan fingerprint density at radius 3 is 2.83 bits per heavy atom. The molecule has 0 bridgehead atoms. The summed E-state index contributed by atoms with van der Waals surface area (Å²) in [5.41, 5.74) is 5.18. The van der Waals surface area contributed by atoms with E-state index in [1.165, 1.54) is 0 Å². The number of nitrogens with two attached hydrogens (primary N) is 1. The molecule has 0 heterocycles. The van der Waals surface area contributed by atoms with Gasteiger partial charge in [0.25, 0.3) is 0 Å². The van der Waals surface area contributed by atoms with Crippen LogP contribution in [0.25, 0.3) is 0 Å². The molecule has 0 atom stereocenters. The quantitative estimate of drug-likeness (QED) is 0.129. The van der Waals surface area contributed by atoms with Crippen LogP contribution in [0.2, 0.25) is 0 Å². The molecule has 5 heteroatoms. The molecule has 0 radical (unpaired) electrons. The highest BCUT2D eigenvalue weighted by molar-refractivity contribution is 5.79. The minimum Gasteiger partial charge on any atom is -0.409 e. The number of amidine groups is 1. The minimum atomic E-state index is 0.0175. The smallest absolute Gasteiger partial charge is 0.141 e. The van der Waals surface area contributed by atoms with Crippen LogP contribution in [0.15, 0.2) is 17.3 Å². The van der Waals surface area contributed by atoms with E-state index in [1.54, 1.807) is 12.2 Å². The van der Waals surface area contributed by atoms with E-state index in [0.717, 1.165) is 0 Å². The molecule has 0 fully saturated rings. The molecule has 0 unspecified atom stereocenters. The van der Waals surface area contributed by atoms with Crippen LogP contribution in [0.3, 0.4) is 0 Å². The molecule has 0 saturated carbocycles. The zero-order chi connectivity index (χ0) is 9.23. The standard InChI is InChI=1S/C7H14N2O3/c8-7(9-11)3-6-12-5-2-1-4-10/h1-2,10-11H,3-6H2,(H2,8,9)/b2-1-. The van der Waals surface area contributed by atoms with Crippen molar-refractivity contribution in [2.75, 3.05) is 19.8 Å². The summed E-state index contributed by atoms with van der Waals surface area (Å²) in [4.78, 5) is 0. The molecule has 0 spiro atoms. The molecule has 70 valence electrons. The largest absolute Gasteiger partial charge is 0.409 e.